The number of aromatic nitrogens is 2. The first-order valence-corrected chi connectivity index (χ1v) is 5.83. The monoisotopic (exact) mass is 248 g/mol. The van der Waals surface area contributed by atoms with Gasteiger partial charge in [-0.05, 0) is 18.9 Å². The molecule has 2 aromatic rings. The van der Waals surface area contributed by atoms with E-state index in [0.717, 1.165) is 5.69 Å². The van der Waals surface area contributed by atoms with Crippen LogP contribution in [0.3, 0.4) is 0 Å². The molecule has 0 spiro atoms. The van der Waals surface area contributed by atoms with Gasteiger partial charge in [0.05, 0.1) is 11.9 Å². The molecule has 0 aliphatic carbocycles. The Morgan fingerprint density at radius 3 is 2.67 bits per heavy atom. The molecule has 0 unspecified atom stereocenters. The SMILES string of the molecule is Cc1cc([C@@H](C(=O)n2ccc(O)c2)C(C)C)on1. The van der Waals surface area contributed by atoms with Gasteiger partial charge in [0.25, 0.3) is 0 Å². The van der Waals surface area contributed by atoms with Crippen LogP contribution in [-0.2, 0) is 0 Å². The third-order valence-electron chi connectivity index (χ3n) is 2.82. The van der Waals surface area contributed by atoms with Crippen molar-refractivity contribution in [2.24, 2.45) is 5.92 Å². The van der Waals surface area contributed by atoms with E-state index in [0.29, 0.717) is 5.76 Å². The molecule has 0 bridgehead atoms. The predicted molar refractivity (Wildman–Crippen MR) is 65.5 cm³/mol. The van der Waals surface area contributed by atoms with Crippen molar-refractivity contribution in [2.45, 2.75) is 26.7 Å². The number of aryl methyl sites for hydroxylation is 1. The molecule has 0 saturated carbocycles. The van der Waals surface area contributed by atoms with Crippen molar-refractivity contribution in [1.82, 2.24) is 9.72 Å². The summed E-state index contributed by atoms with van der Waals surface area (Å²) in [6.07, 6.45) is 2.93. The summed E-state index contributed by atoms with van der Waals surface area (Å²) in [5, 5.41) is 13.1. The van der Waals surface area contributed by atoms with Gasteiger partial charge in [-0.25, -0.2) is 0 Å². The van der Waals surface area contributed by atoms with Crippen LogP contribution < -0.4 is 0 Å². The van der Waals surface area contributed by atoms with E-state index in [1.54, 1.807) is 6.07 Å². The minimum atomic E-state index is -0.405. The molecule has 18 heavy (non-hydrogen) atoms. The van der Waals surface area contributed by atoms with Gasteiger partial charge in [-0.3, -0.25) is 9.36 Å². The summed E-state index contributed by atoms with van der Waals surface area (Å²) in [6.45, 7) is 5.71. The average Bonchev–Trinajstić information content (AvgIpc) is 2.87. The first kappa shape index (κ1) is 12.4. The Balaban J connectivity index is 2.34. The number of carbonyl (C=O) groups excluding carboxylic acids is 1. The van der Waals surface area contributed by atoms with E-state index in [1.165, 1.54) is 23.0 Å². The second-order valence-corrected chi connectivity index (χ2v) is 4.71. The molecule has 5 nitrogen and oxygen atoms in total. The lowest BCUT2D eigenvalue weighted by Crippen LogP contribution is -2.22. The highest BCUT2D eigenvalue weighted by Crippen LogP contribution is 2.27. The Bertz CT molecular complexity index is 554. The lowest BCUT2D eigenvalue weighted by atomic mass is 9.92. The second kappa shape index (κ2) is 4.68. The van der Waals surface area contributed by atoms with Crippen LogP contribution in [0.25, 0.3) is 0 Å². The molecule has 0 radical (unpaired) electrons. The van der Waals surface area contributed by atoms with E-state index in [1.807, 2.05) is 20.8 Å². The molecule has 2 aromatic heterocycles. The first-order chi connectivity index (χ1) is 8.49. The number of aromatic hydroxyl groups is 1. The fourth-order valence-electron chi connectivity index (χ4n) is 1.95. The maximum atomic E-state index is 12.4. The maximum Gasteiger partial charge on any atom is 0.241 e. The summed E-state index contributed by atoms with van der Waals surface area (Å²) in [5.41, 5.74) is 0.749. The molecule has 0 amide bonds. The number of nitrogens with zero attached hydrogens (tertiary/aromatic N) is 2. The van der Waals surface area contributed by atoms with Gasteiger partial charge in [-0.2, -0.15) is 0 Å². The largest absolute Gasteiger partial charge is 0.506 e. The molecule has 2 rings (SSSR count). The lowest BCUT2D eigenvalue weighted by molar-refractivity contribution is 0.0835. The van der Waals surface area contributed by atoms with Crippen LogP contribution >= 0.6 is 0 Å². The molecule has 0 fully saturated rings. The Morgan fingerprint density at radius 2 is 2.22 bits per heavy atom. The molecular formula is C13H16N2O3. The fraction of sp³-hybridized carbons (Fsp3) is 0.385. The lowest BCUT2D eigenvalue weighted by Gasteiger charge is -2.16. The number of carbonyl (C=O) groups is 1. The van der Waals surface area contributed by atoms with Crippen molar-refractivity contribution < 1.29 is 14.4 Å². The van der Waals surface area contributed by atoms with Crippen molar-refractivity contribution in [3.8, 4) is 5.75 Å². The van der Waals surface area contributed by atoms with Gasteiger partial charge < -0.3 is 9.63 Å². The first-order valence-electron chi connectivity index (χ1n) is 5.83. The topological polar surface area (TPSA) is 68.3 Å². The number of hydrogen-bond donors (Lipinski definition) is 1. The highest BCUT2D eigenvalue weighted by molar-refractivity contribution is 5.86. The Labute approximate surface area is 105 Å². The normalized spacial score (nSPS) is 12.9. The van der Waals surface area contributed by atoms with Gasteiger partial charge in [-0.1, -0.05) is 19.0 Å². The summed E-state index contributed by atoms with van der Waals surface area (Å²) in [6, 6.07) is 3.24. The van der Waals surface area contributed by atoms with E-state index in [2.05, 4.69) is 5.16 Å². The summed E-state index contributed by atoms with van der Waals surface area (Å²) in [4.78, 5) is 12.4. The molecule has 0 aromatic carbocycles. The Kier molecular flexibility index (Phi) is 3.23. The van der Waals surface area contributed by atoms with Gasteiger partial charge in [0.15, 0.2) is 0 Å². The van der Waals surface area contributed by atoms with Crippen LogP contribution in [0.2, 0.25) is 0 Å². The Morgan fingerprint density at radius 1 is 1.50 bits per heavy atom. The maximum absolute atomic E-state index is 12.4. The third kappa shape index (κ3) is 2.30. The standard InChI is InChI=1S/C13H16N2O3/c1-8(2)12(11-6-9(3)14-18-11)13(17)15-5-4-10(16)7-15/h4-8,12,16H,1-3H3/t12-/m0/s1. The van der Waals surface area contributed by atoms with Crippen LogP contribution in [0, 0.1) is 12.8 Å². The molecule has 0 aliphatic heterocycles. The smallest absolute Gasteiger partial charge is 0.241 e. The van der Waals surface area contributed by atoms with Crippen LogP contribution in [0.4, 0.5) is 0 Å². The quantitative estimate of drug-likeness (QED) is 0.906. The summed E-state index contributed by atoms with van der Waals surface area (Å²) in [5.74, 6) is 0.161. The predicted octanol–water partition coefficient (Wildman–Crippen LogP) is 2.57. The molecule has 96 valence electrons. The van der Waals surface area contributed by atoms with Gasteiger partial charge >= 0.3 is 0 Å². The third-order valence-corrected chi connectivity index (χ3v) is 2.82. The van der Waals surface area contributed by atoms with Gasteiger partial charge in [0, 0.05) is 12.3 Å². The summed E-state index contributed by atoms with van der Waals surface area (Å²) >= 11 is 0. The van der Waals surface area contributed by atoms with E-state index in [9.17, 15) is 9.90 Å². The van der Waals surface area contributed by atoms with Gasteiger partial charge in [0.2, 0.25) is 5.91 Å². The van der Waals surface area contributed by atoms with Gasteiger partial charge in [0.1, 0.15) is 17.4 Å². The average molecular weight is 248 g/mol. The summed E-state index contributed by atoms with van der Waals surface area (Å²) < 4.78 is 6.56. The molecule has 1 atom stereocenters. The van der Waals surface area contributed by atoms with Crippen molar-refractivity contribution in [3.63, 3.8) is 0 Å². The van der Waals surface area contributed by atoms with Gasteiger partial charge in [-0.15, -0.1) is 0 Å². The second-order valence-electron chi connectivity index (χ2n) is 4.71. The zero-order valence-corrected chi connectivity index (χ0v) is 10.6. The molecule has 5 heteroatoms. The zero-order chi connectivity index (χ0) is 13.3. The minimum absolute atomic E-state index is 0.0691. The fourth-order valence-corrected chi connectivity index (χ4v) is 1.95. The highest BCUT2D eigenvalue weighted by atomic mass is 16.5. The number of hydrogen-bond acceptors (Lipinski definition) is 4. The van der Waals surface area contributed by atoms with E-state index >= 15 is 0 Å². The van der Waals surface area contributed by atoms with Crippen LogP contribution in [0.15, 0.2) is 29.0 Å². The van der Waals surface area contributed by atoms with E-state index < -0.39 is 5.92 Å². The number of rotatable bonds is 3. The molecule has 2 heterocycles. The molecule has 1 N–H and O–H groups in total. The minimum Gasteiger partial charge on any atom is -0.506 e. The molecule has 0 aliphatic rings. The van der Waals surface area contributed by atoms with E-state index in [-0.39, 0.29) is 17.6 Å². The van der Waals surface area contributed by atoms with Crippen molar-refractivity contribution in [2.75, 3.05) is 0 Å². The molecular weight excluding hydrogens is 232 g/mol. The van der Waals surface area contributed by atoms with Crippen LogP contribution in [-0.4, -0.2) is 20.7 Å². The zero-order valence-electron chi connectivity index (χ0n) is 10.6. The van der Waals surface area contributed by atoms with E-state index in [4.69, 9.17) is 4.52 Å². The van der Waals surface area contributed by atoms with Crippen molar-refractivity contribution in [1.29, 1.82) is 0 Å². The Hall–Kier alpha value is -2.04. The van der Waals surface area contributed by atoms with Crippen LogP contribution in [0.1, 0.15) is 36.0 Å². The van der Waals surface area contributed by atoms with Crippen molar-refractivity contribution in [3.05, 3.63) is 36.0 Å². The van der Waals surface area contributed by atoms with Crippen molar-refractivity contribution >= 4 is 5.91 Å². The van der Waals surface area contributed by atoms with Crippen LogP contribution in [0.5, 0.6) is 5.75 Å². The summed E-state index contributed by atoms with van der Waals surface area (Å²) in [7, 11) is 0. The molecule has 0 saturated heterocycles. The highest BCUT2D eigenvalue weighted by Gasteiger charge is 2.29.